The number of carbonyl (C=O) groups excluding carboxylic acids is 2. The number of nitrogens with one attached hydrogen (secondary N) is 2. The second-order valence-electron chi connectivity index (χ2n) is 6.96. The van der Waals surface area contributed by atoms with E-state index in [1.807, 2.05) is 6.07 Å². The molecule has 3 rings (SSSR count). The molecule has 1 unspecified atom stereocenters. The van der Waals surface area contributed by atoms with Gasteiger partial charge in [-0.05, 0) is 30.9 Å². The van der Waals surface area contributed by atoms with Crippen LogP contribution in [0.5, 0.6) is 0 Å². The van der Waals surface area contributed by atoms with Crippen molar-refractivity contribution in [1.29, 1.82) is 0 Å². The first-order chi connectivity index (χ1) is 12.2. The van der Waals surface area contributed by atoms with Crippen molar-refractivity contribution >= 4 is 11.9 Å². The Bertz CT molecular complexity index is 578. The van der Waals surface area contributed by atoms with E-state index in [2.05, 4.69) is 39.8 Å². The van der Waals surface area contributed by atoms with Crippen LogP contribution in [0.1, 0.15) is 18.4 Å². The fourth-order valence-electron chi connectivity index (χ4n) is 3.53. The molecular weight excluding hydrogens is 316 g/mol. The summed E-state index contributed by atoms with van der Waals surface area (Å²) in [6.45, 7) is 5.59. The molecule has 0 aromatic heterocycles. The smallest absolute Gasteiger partial charge is 0.317 e. The summed E-state index contributed by atoms with van der Waals surface area (Å²) in [6.07, 6.45) is 2.61. The third-order valence-electron chi connectivity index (χ3n) is 5.07. The fourth-order valence-corrected chi connectivity index (χ4v) is 3.53. The molecule has 1 aromatic carbocycles. The van der Waals surface area contributed by atoms with Crippen LogP contribution >= 0.6 is 0 Å². The Morgan fingerprint density at radius 1 is 1.20 bits per heavy atom. The van der Waals surface area contributed by atoms with Crippen LogP contribution in [-0.4, -0.2) is 67.6 Å². The zero-order valence-electron chi connectivity index (χ0n) is 14.7. The van der Waals surface area contributed by atoms with Crippen molar-refractivity contribution in [1.82, 2.24) is 20.4 Å². The van der Waals surface area contributed by atoms with Crippen LogP contribution in [0.4, 0.5) is 4.79 Å². The van der Waals surface area contributed by atoms with Gasteiger partial charge in [-0.25, -0.2) is 4.79 Å². The van der Waals surface area contributed by atoms with E-state index in [9.17, 15) is 9.59 Å². The zero-order valence-corrected chi connectivity index (χ0v) is 14.7. The van der Waals surface area contributed by atoms with Gasteiger partial charge >= 0.3 is 6.03 Å². The van der Waals surface area contributed by atoms with Gasteiger partial charge in [0.2, 0.25) is 5.91 Å². The molecule has 2 fully saturated rings. The maximum absolute atomic E-state index is 12.3. The number of likely N-dealkylation sites (tertiary alicyclic amines) is 1. The molecule has 0 aliphatic carbocycles. The topological polar surface area (TPSA) is 64.7 Å². The van der Waals surface area contributed by atoms with E-state index in [1.165, 1.54) is 5.56 Å². The van der Waals surface area contributed by atoms with Gasteiger partial charge in [0.25, 0.3) is 0 Å². The van der Waals surface area contributed by atoms with Crippen LogP contribution in [0.3, 0.4) is 0 Å². The van der Waals surface area contributed by atoms with Gasteiger partial charge in [0, 0.05) is 45.7 Å². The Morgan fingerprint density at radius 2 is 2.04 bits per heavy atom. The number of amides is 3. The molecule has 25 heavy (non-hydrogen) atoms. The van der Waals surface area contributed by atoms with E-state index >= 15 is 0 Å². The SMILES string of the molecule is O=C1CCN(C(=O)NCC2CCN(CCc3ccccc3)C2)CCN1. The Labute approximate surface area is 149 Å². The van der Waals surface area contributed by atoms with E-state index in [-0.39, 0.29) is 11.9 Å². The predicted octanol–water partition coefficient (Wildman–Crippen LogP) is 1.08. The summed E-state index contributed by atoms with van der Waals surface area (Å²) in [5.41, 5.74) is 1.38. The van der Waals surface area contributed by atoms with Crippen LogP contribution in [0, 0.1) is 5.92 Å². The van der Waals surface area contributed by atoms with Gasteiger partial charge in [0.15, 0.2) is 0 Å². The molecule has 1 atom stereocenters. The molecule has 2 aliphatic rings. The lowest BCUT2D eigenvalue weighted by atomic mass is 10.1. The molecule has 136 valence electrons. The van der Waals surface area contributed by atoms with Crippen LogP contribution in [0.25, 0.3) is 0 Å². The lowest BCUT2D eigenvalue weighted by Crippen LogP contribution is -2.43. The fraction of sp³-hybridized carbons (Fsp3) is 0.579. The van der Waals surface area contributed by atoms with E-state index in [1.54, 1.807) is 4.90 Å². The highest BCUT2D eigenvalue weighted by atomic mass is 16.2. The summed E-state index contributed by atoms with van der Waals surface area (Å²) in [5, 5.41) is 5.85. The minimum Gasteiger partial charge on any atom is -0.354 e. The molecule has 0 radical (unpaired) electrons. The number of urea groups is 1. The van der Waals surface area contributed by atoms with Gasteiger partial charge in [0.1, 0.15) is 0 Å². The van der Waals surface area contributed by atoms with Crippen LogP contribution in [0.15, 0.2) is 30.3 Å². The second kappa shape index (κ2) is 8.85. The number of hydrogen-bond acceptors (Lipinski definition) is 3. The van der Waals surface area contributed by atoms with Crippen molar-refractivity contribution in [2.45, 2.75) is 19.3 Å². The Hall–Kier alpha value is -2.08. The molecule has 3 amide bonds. The van der Waals surface area contributed by atoms with Crippen molar-refractivity contribution in [3.63, 3.8) is 0 Å². The number of rotatable bonds is 5. The monoisotopic (exact) mass is 344 g/mol. The number of carbonyl (C=O) groups is 2. The van der Waals surface area contributed by atoms with Crippen molar-refractivity contribution in [3.8, 4) is 0 Å². The van der Waals surface area contributed by atoms with Crippen molar-refractivity contribution in [2.24, 2.45) is 5.92 Å². The molecule has 2 saturated heterocycles. The highest BCUT2D eigenvalue weighted by Gasteiger charge is 2.24. The maximum Gasteiger partial charge on any atom is 0.317 e. The van der Waals surface area contributed by atoms with Gasteiger partial charge in [-0.2, -0.15) is 0 Å². The largest absolute Gasteiger partial charge is 0.354 e. The average molecular weight is 344 g/mol. The standard InChI is InChI=1S/C19H28N4O2/c24-18-8-12-23(13-9-20-18)19(25)21-14-17-7-11-22(15-17)10-6-16-4-2-1-3-5-16/h1-5,17H,6-15H2,(H,20,24)(H,21,25). The first-order valence-corrected chi connectivity index (χ1v) is 9.26. The third-order valence-corrected chi connectivity index (χ3v) is 5.07. The van der Waals surface area contributed by atoms with Gasteiger partial charge in [-0.1, -0.05) is 30.3 Å². The van der Waals surface area contributed by atoms with Gasteiger partial charge in [0.05, 0.1) is 0 Å². The third kappa shape index (κ3) is 5.46. The van der Waals surface area contributed by atoms with Crippen LogP contribution < -0.4 is 10.6 Å². The van der Waals surface area contributed by atoms with Gasteiger partial charge in [-0.3, -0.25) is 4.79 Å². The Balaban J connectivity index is 1.35. The molecule has 2 aliphatic heterocycles. The first kappa shape index (κ1) is 17.7. The lowest BCUT2D eigenvalue weighted by Gasteiger charge is -2.21. The number of hydrogen-bond donors (Lipinski definition) is 2. The van der Waals surface area contributed by atoms with Crippen molar-refractivity contribution < 1.29 is 9.59 Å². The molecule has 0 spiro atoms. The molecular formula is C19H28N4O2. The zero-order chi connectivity index (χ0) is 17.5. The van der Waals surface area contributed by atoms with Gasteiger partial charge in [-0.15, -0.1) is 0 Å². The summed E-state index contributed by atoms with van der Waals surface area (Å²) in [6, 6.07) is 10.5. The molecule has 6 heteroatoms. The van der Waals surface area contributed by atoms with E-state index in [4.69, 9.17) is 0 Å². The molecule has 0 bridgehead atoms. The number of nitrogens with zero attached hydrogens (tertiary/aromatic N) is 2. The Morgan fingerprint density at radius 3 is 2.88 bits per heavy atom. The molecule has 2 heterocycles. The number of benzene rings is 1. The first-order valence-electron chi connectivity index (χ1n) is 9.26. The molecule has 6 nitrogen and oxygen atoms in total. The highest BCUT2D eigenvalue weighted by Crippen LogP contribution is 2.16. The van der Waals surface area contributed by atoms with Gasteiger partial charge < -0.3 is 20.4 Å². The van der Waals surface area contributed by atoms with Crippen LogP contribution in [-0.2, 0) is 11.2 Å². The minimum atomic E-state index is -0.0424. The summed E-state index contributed by atoms with van der Waals surface area (Å²) in [7, 11) is 0. The summed E-state index contributed by atoms with van der Waals surface area (Å²) in [5.74, 6) is 0.548. The van der Waals surface area contributed by atoms with E-state index < -0.39 is 0 Å². The molecule has 1 aromatic rings. The second-order valence-corrected chi connectivity index (χ2v) is 6.96. The van der Waals surface area contributed by atoms with Crippen molar-refractivity contribution in [2.75, 3.05) is 45.8 Å². The highest BCUT2D eigenvalue weighted by molar-refractivity contribution is 5.79. The average Bonchev–Trinajstić information content (AvgIpc) is 2.98. The van der Waals surface area contributed by atoms with E-state index in [0.717, 1.165) is 39.0 Å². The molecule has 2 N–H and O–H groups in total. The van der Waals surface area contributed by atoms with Crippen LogP contribution in [0.2, 0.25) is 0 Å². The Kier molecular flexibility index (Phi) is 6.28. The van der Waals surface area contributed by atoms with Crippen molar-refractivity contribution in [3.05, 3.63) is 35.9 Å². The minimum absolute atomic E-state index is 0.0279. The molecule has 0 saturated carbocycles. The van der Waals surface area contributed by atoms with E-state index in [0.29, 0.717) is 32.0 Å². The maximum atomic E-state index is 12.3. The normalized spacial score (nSPS) is 21.7. The summed E-state index contributed by atoms with van der Waals surface area (Å²) >= 11 is 0. The summed E-state index contributed by atoms with van der Waals surface area (Å²) in [4.78, 5) is 27.8. The lowest BCUT2D eigenvalue weighted by molar-refractivity contribution is -0.120. The summed E-state index contributed by atoms with van der Waals surface area (Å²) < 4.78 is 0. The predicted molar refractivity (Wildman–Crippen MR) is 97.3 cm³/mol. The quantitative estimate of drug-likeness (QED) is 0.840.